The number of aryl methyl sites for hydroxylation is 1. The topological polar surface area (TPSA) is 48.8 Å². The van der Waals surface area contributed by atoms with E-state index in [4.69, 9.17) is 16.6 Å². The number of fused-ring (bicyclic) bond motifs is 2. The second-order valence-electron chi connectivity index (χ2n) is 10.1. The van der Waals surface area contributed by atoms with Gasteiger partial charge in [-0.15, -0.1) is 0 Å². The van der Waals surface area contributed by atoms with Crippen LogP contribution in [0.25, 0.3) is 0 Å². The van der Waals surface area contributed by atoms with Crippen LogP contribution < -0.4 is 0 Å². The molecular formula is C29H28ClFN4O. The molecule has 0 saturated carbocycles. The van der Waals surface area contributed by atoms with Crippen molar-refractivity contribution in [1.82, 2.24) is 14.8 Å². The van der Waals surface area contributed by atoms with Gasteiger partial charge in [-0.2, -0.15) is 0 Å². The number of aliphatic imine (C=N–C) groups is 1. The van der Waals surface area contributed by atoms with E-state index >= 15 is 0 Å². The summed E-state index contributed by atoms with van der Waals surface area (Å²) in [6, 6.07) is 13.6. The first kappa shape index (κ1) is 23.3. The molecule has 6 rings (SSSR count). The third-order valence-corrected chi connectivity index (χ3v) is 7.86. The van der Waals surface area contributed by atoms with Crippen LogP contribution in [0.15, 0.2) is 53.7 Å². The zero-order valence-electron chi connectivity index (χ0n) is 20.3. The van der Waals surface area contributed by atoms with E-state index in [0.717, 1.165) is 54.0 Å². The molecule has 2 aromatic carbocycles. The van der Waals surface area contributed by atoms with Gasteiger partial charge < -0.3 is 4.90 Å². The van der Waals surface area contributed by atoms with Gasteiger partial charge in [0.25, 0.3) is 0 Å². The molecule has 184 valence electrons. The number of pyridine rings is 1. The number of nitrogens with zero attached hydrogens (tertiary/aromatic N) is 4. The maximum Gasteiger partial charge on any atom is 0.227 e. The second kappa shape index (κ2) is 9.41. The smallest absolute Gasteiger partial charge is 0.227 e. The van der Waals surface area contributed by atoms with Crippen LogP contribution in [0.4, 0.5) is 4.39 Å². The van der Waals surface area contributed by atoms with Crippen molar-refractivity contribution in [2.75, 3.05) is 13.1 Å². The van der Waals surface area contributed by atoms with Gasteiger partial charge in [0.15, 0.2) is 0 Å². The van der Waals surface area contributed by atoms with Gasteiger partial charge in [-0.3, -0.25) is 19.7 Å². The number of aromatic nitrogens is 1. The molecule has 1 amide bonds. The Balaban J connectivity index is 1.21. The fraction of sp³-hybridized carbons (Fsp3) is 0.345. The van der Waals surface area contributed by atoms with Crippen molar-refractivity contribution in [3.8, 4) is 0 Å². The van der Waals surface area contributed by atoms with Crippen LogP contribution in [0.1, 0.15) is 51.9 Å². The summed E-state index contributed by atoms with van der Waals surface area (Å²) in [7, 11) is 0. The van der Waals surface area contributed by atoms with Crippen molar-refractivity contribution >= 4 is 23.2 Å². The molecule has 1 atom stereocenters. The molecule has 7 heteroatoms. The summed E-state index contributed by atoms with van der Waals surface area (Å²) in [6.45, 7) is 5.75. The number of likely N-dealkylation sites (tertiary alicyclic amines) is 1. The van der Waals surface area contributed by atoms with Crippen LogP contribution in [-0.4, -0.2) is 45.5 Å². The summed E-state index contributed by atoms with van der Waals surface area (Å²) in [5, 5.41) is 0.154. The van der Waals surface area contributed by atoms with Crippen molar-refractivity contribution in [1.29, 1.82) is 0 Å². The van der Waals surface area contributed by atoms with Gasteiger partial charge in [0.05, 0.1) is 23.7 Å². The van der Waals surface area contributed by atoms with Crippen LogP contribution in [0.3, 0.4) is 0 Å². The Labute approximate surface area is 215 Å². The first-order chi connectivity index (χ1) is 17.4. The average molecular weight is 503 g/mol. The number of halogens is 2. The van der Waals surface area contributed by atoms with Crippen molar-refractivity contribution in [3.63, 3.8) is 0 Å². The zero-order chi connectivity index (χ0) is 24.8. The van der Waals surface area contributed by atoms with Gasteiger partial charge in [0.2, 0.25) is 5.91 Å². The van der Waals surface area contributed by atoms with Crippen LogP contribution in [0.5, 0.6) is 0 Å². The Kier molecular flexibility index (Phi) is 6.10. The average Bonchev–Trinajstić information content (AvgIpc) is 3.27. The van der Waals surface area contributed by atoms with Gasteiger partial charge in [0, 0.05) is 48.7 Å². The van der Waals surface area contributed by atoms with Gasteiger partial charge in [0.1, 0.15) is 5.82 Å². The molecule has 3 aliphatic heterocycles. The SMILES string of the molecule is Cc1cc(C2=NCc3cc4c(cc32)CN([C@@H]2CCCN(Cc3ccc(F)c(Cl)c3)C2)C(=O)C4)ccn1. The summed E-state index contributed by atoms with van der Waals surface area (Å²) in [5.41, 5.74) is 8.79. The predicted molar refractivity (Wildman–Crippen MR) is 139 cm³/mol. The van der Waals surface area contributed by atoms with E-state index in [1.54, 1.807) is 12.1 Å². The number of piperidine rings is 1. The molecule has 1 aromatic heterocycles. The Morgan fingerprint density at radius 3 is 2.83 bits per heavy atom. The zero-order valence-corrected chi connectivity index (χ0v) is 21.1. The van der Waals surface area contributed by atoms with Crippen LogP contribution in [0, 0.1) is 12.7 Å². The Hall–Kier alpha value is -3.09. The maximum atomic E-state index is 13.6. The molecule has 1 fully saturated rings. The minimum absolute atomic E-state index is 0.154. The lowest BCUT2D eigenvalue weighted by Gasteiger charge is -2.41. The molecule has 4 heterocycles. The first-order valence-electron chi connectivity index (χ1n) is 12.5. The number of amides is 1. The molecule has 0 aliphatic carbocycles. The Morgan fingerprint density at radius 1 is 1.11 bits per heavy atom. The van der Waals surface area contributed by atoms with E-state index in [2.05, 4.69) is 33.0 Å². The van der Waals surface area contributed by atoms with Crippen LogP contribution >= 0.6 is 11.6 Å². The van der Waals surface area contributed by atoms with E-state index < -0.39 is 5.82 Å². The Morgan fingerprint density at radius 2 is 2.00 bits per heavy atom. The van der Waals surface area contributed by atoms with Gasteiger partial charge in [-0.25, -0.2) is 4.39 Å². The largest absolute Gasteiger partial charge is 0.334 e. The highest BCUT2D eigenvalue weighted by Gasteiger charge is 2.33. The van der Waals surface area contributed by atoms with Gasteiger partial charge >= 0.3 is 0 Å². The molecule has 0 N–H and O–H groups in total. The normalized spacial score (nSPS) is 19.8. The minimum Gasteiger partial charge on any atom is -0.334 e. The quantitative estimate of drug-likeness (QED) is 0.499. The molecule has 5 nitrogen and oxygen atoms in total. The fourth-order valence-electron chi connectivity index (χ4n) is 5.79. The van der Waals surface area contributed by atoms with E-state index in [-0.39, 0.29) is 17.0 Å². The summed E-state index contributed by atoms with van der Waals surface area (Å²) in [5.74, 6) is -0.198. The number of hydrogen-bond donors (Lipinski definition) is 0. The lowest BCUT2D eigenvalue weighted by atomic mass is 9.90. The van der Waals surface area contributed by atoms with Crippen molar-refractivity contribution < 1.29 is 9.18 Å². The van der Waals surface area contributed by atoms with Crippen molar-refractivity contribution in [3.05, 3.63) is 98.6 Å². The number of carbonyl (C=O) groups is 1. The number of carbonyl (C=O) groups excluding carboxylic acids is 1. The van der Waals surface area contributed by atoms with Crippen molar-refractivity contribution in [2.24, 2.45) is 4.99 Å². The van der Waals surface area contributed by atoms with Crippen LogP contribution in [0.2, 0.25) is 5.02 Å². The van der Waals surface area contributed by atoms with Crippen molar-refractivity contribution in [2.45, 2.75) is 51.9 Å². The third-order valence-electron chi connectivity index (χ3n) is 7.57. The second-order valence-corrected chi connectivity index (χ2v) is 10.5. The Bertz CT molecular complexity index is 1390. The molecule has 0 spiro atoms. The summed E-state index contributed by atoms with van der Waals surface area (Å²) in [6.07, 6.45) is 4.30. The lowest BCUT2D eigenvalue weighted by Crippen LogP contribution is -2.51. The first-order valence-corrected chi connectivity index (χ1v) is 12.9. The van der Waals surface area contributed by atoms with E-state index in [1.807, 2.05) is 19.2 Å². The highest BCUT2D eigenvalue weighted by Crippen LogP contribution is 2.32. The molecule has 3 aromatic rings. The van der Waals surface area contributed by atoms with Crippen LogP contribution in [-0.2, 0) is 30.8 Å². The molecular weight excluding hydrogens is 475 g/mol. The number of hydrogen-bond acceptors (Lipinski definition) is 4. The van der Waals surface area contributed by atoms with Gasteiger partial charge in [-0.1, -0.05) is 23.7 Å². The number of benzene rings is 2. The monoisotopic (exact) mass is 502 g/mol. The highest BCUT2D eigenvalue weighted by molar-refractivity contribution is 6.30. The van der Waals surface area contributed by atoms with E-state index in [9.17, 15) is 9.18 Å². The molecule has 0 unspecified atom stereocenters. The van der Waals surface area contributed by atoms with E-state index in [0.29, 0.717) is 26.1 Å². The number of rotatable bonds is 4. The minimum atomic E-state index is -0.395. The maximum absolute atomic E-state index is 13.6. The predicted octanol–water partition coefficient (Wildman–Crippen LogP) is 5.08. The molecule has 36 heavy (non-hydrogen) atoms. The third kappa shape index (κ3) is 4.44. The summed E-state index contributed by atoms with van der Waals surface area (Å²) in [4.78, 5) is 26.8. The molecule has 3 aliphatic rings. The standard InChI is InChI=1S/C29H28ClFN4O/c1-18-9-20(6-7-32-18)29-25-12-23-16-35(28(36)13-21(23)11-22(25)14-33-29)24-3-2-8-34(17-24)15-19-4-5-27(31)26(30)10-19/h4-7,9-12,24H,2-3,8,13-17H2,1H3/t24-/m1/s1. The molecule has 0 radical (unpaired) electrons. The summed E-state index contributed by atoms with van der Waals surface area (Å²) >= 11 is 5.99. The summed E-state index contributed by atoms with van der Waals surface area (Å²) < 4.78 is 13.6. The molecule has 0 bridgehead atoms. The van der Waals surface area contributed by atoms with E-state index in [1.165, 1.54) is 22.8 Å². The van der Waals surface area contributed by atoms with Gasteiger partial charge in [-0.05, 0) is 78.9 Å². The fourth-order valence-corrected chi connectivity index (χ4v) is 5.99. The molecule has 1 saturated heterocycles. The highest BCUT2D eigenvalue weighted by atomic mass is 35.5. The lowest BCUT2D eigenvalue weighted by molar-refractivity contribution is -0.135.